The summed E-state index contributed by atoms with van der Waals surface area (Å²) in [7, 11) is 0. The monoisotopic (exact) mass is 121 g/mol. The van der Waals surface area contributed by atoms with Crippen molar-refractivity contribution in [3.63, 3.8) is 0 Å². The van der Waals surface area contributed by atoms with Crippen LogP contribution >= 0.6 is 11.8 Å². The molecule has 0 amide bonds. The molecule has 0 aliphatic carbocycles. The van der Waals surface area contributed by atoms with Crippen LogP contribution in [-0.2, 0) is 0 Å². The van der Waals surface area contributed by atoms with Gasteiger partial charge >= 0.3 is 0 Å². The average molecular weight is 121 g/mol. The molecule has 3 heteroatoms. The van der Waals surface area contributed by atoms with Gasteiger partial charge < -0.3 is 10.8 Å². The molecule has 44 valence electrons. The molecular formula is C4H11NOS. The Morgan fingerprint density at radius 2 is 2.14 bits per heavy atom. The van der Waals surface area contributed by atoms with Crippen molar-refractivity contribution in [1.29, 1.82) is 0 Å². The van der Waals surface area contributed by atoms with E-state index in [1.807, 2.05) is 0 Å². The normalized spacial score (nSPS) is 12.0. The second-order valence-corrected chi connectivity index (χ2v) is 3.38. The number of nitrogens with two attached hydrogens (primary N) is 1. The molecule has 7 heavy (non-hydrogen) atoms. The molecule has 0 fully saturated rings. The topological polar surface area (TPSA) is 46.2 Å². The van der Waals surface area contributed by atoms with Crippen molar-refractivity contribution in [2.45, 2.75) is 18.8 Å². The van der Waals surface area contributed by atoms with E-state index in [2.05, 4.69) is 0 Å². The van der Waals surface area contributed by atoms with Crippen LogP contribution in [0.3, 0.4) is 0 Å². The van der Waals surface area contributed by atoms with Gasteiger partial charge in [-0.05, 0) is 13.8 Å². The van der Waals surface area contributed by atoms with Crippen molar-refractivity contribution >= 4 is 11.8 Å². The first kappa shape index (κ1) is 7.27. The standard InChI is InChI=1S/C4H11NOS/c1-4(2,6)7-3-5/h6H,3,5H2,1-2H3. The van der Waals surface area contributed by atoms with Gasteiger partial charge in [-0.25, -0.2) is 0 Å². The van der Waals surface area contributed by atoms with Gasteiger partial charge in [-0.1, -0.05) is 0 Å². The molecule has 0 heterocycles. The first-order chi connectivity index (χ1) is 3.06. The SMILES string of the molecule is CC(C)(O)SCN. The highest BCUT2D eigenvalue weighted by Crippen LogP contribution is 2.17. The van der Waals surface area contributed by atoms with Crippen LogP contribution in [0.15, 0.2) is 0 Å². The van der Waals surface area contributed by atoms with Gasteiger partial charge in [0.05, 0.1) is 0 Å². The molecule has 0 atom stereocenters. The minimum atomic E-state index is -0.658. The van der Waals surface area contributed by atoms with Crippen LogP contribution in [0.4, 0.5) is 0 Å². The first-order valence-electron chi connectivity index (χ1n) is 2.12. The Bertz CT molecular complexity index is 50.1. The third-order valence-electron chi connectivity index (χ3n) is 0.437. The molecule has 0 aromatic heterocycles. The molecular weight excluding hydrogens is 110 g/mol. The Morgan fingerprint density at radius 3 is 2.14 bits per heavy atom. The summed E-state index contributed by atoms with van der Waals surface area (Å²) < 4.78 is 0. The molecule has 0 radical (unpaired) electrons. The van der Waals surface area contributed by atoms with E-state index in [1.165, 1.54) is 11.8 Å². The Morgan fingerprint density at radius 1 is 1.71 bits per heavy atom. The summed E-state index contributed by atoms with van der Waals surface area (Å²) in [5.41, 5.74) is 5.12. The second-order valence-electron chi connectivity index (χ2n) is 1.76. The zero-order valence-corrected chi connectivity index (χ0v) is 5.46. The molecule has 0 aliphatic rings. The Labute approximate surface area is 48.1 Å². The van der Waals surface area contributed by atoms with Crippen molar-refractivity contribution in [3.05, 3.63) is 0 Å². The minimum Gasteiger partial charge on any atom is -0.380 e. The summed E-state index contributed by atoms with van der Waals surface area (Å²) >= 11 is 1.32. The Kier molecular flexibility index (Phi) is 2.64. The van der Waals surface area contributed by atoms with Crippen LogP contribution in [-0.4, -0.2) is 15.9 Å². The zero-order chi connectivity index (χ0) is 5.91. The summed E-state index contributed by atoms with van der Waals surface area (Å²) in [6, 6.07) is 0. The fourth-order valence-corrected chi connectivity index (χ4v) is 0.612. The molecule has 0 aliphatic heterocycles. The van der Waals surface area contributed by atoms with Crippen LogP contribution in [0.1, 0.15) is 13.8 Å². The number of hydrogen-bond donors (Lipinski definition) is 2. The molecule has 0 unspecified atom stereocenters. The van der Waals surface area contributed by atoms with Crippen LogP contribution in [0, 0.1) is 0 Å². The van der Waals surface area contributed by atoms with Gasteiger partial charge in [-0.3, -0.25) is 0 Å². The van der Waals surface area contributed by atoms with Gasteiger partial charge in [-0.2, -0.15) is 0 Å². The maximum atomic E-state index is 8.90. The van der Waals surface area contributed by atoms with Crippen LogP contribution in [0.25, 0.3) is 0 Å². The molecule has 3 N–H and O–H groups in total. The quantitative estimate of drug-likeness (QED) is 0.519. The first-order valence-corrected chi connectivity index (χ1v) is 3.11. The highest BCUT2D eigenvalue weighted by atomic mass is 32.2. The molecule has 0 aromatic rings. The Hall–Kier alpha value is 0.270. The summed E-state index contributed by atoms with van der Waals surface area (Å²) in [5, 5.41) is 8.90. The van der Waals surface area contributed by atoms with E-state index < -0.39 is 4.93 Å². The Balaban J connectivity index is 3.15. The van der Waals surface area contributed by atoms with Gasteiger partial charge in [0.15, 0.2) is 0 Å². The van der Waals surface area contributed by atoms with E-state index >= 15 is 0 Å². The maximum Gasteiger partial charge on any atom is 0.106 e. The van der Waals surface area contributed by atoms with E-state index in [-0.39, 0.29) is 0 Å². The van der Waals surface area contributed by atoms with Gasteiger partial charge in [0.1, 0.15) is 4.93 Å². The zero-order valence-electron chi connectivity index (χ0n) is 4.64. The lowest BCUT2D eigenvalue weighted by Crippen LogP contribution is -2.15. The number of thioether (sulfide) groups is 1. The second kappa shape index (κ2) is 2.55. The third-order valence-corrected chi connectivity index (χ3v) is 1.31. The lowest BCUT2D eigenvalue weighted by molar-refractivity contribution is 0.179. The van der Waals surface area contributed by atoms with Crippen molar-refractivity contribution in [3.8, 4) is 0 Å². The summed E-state index contributed by atoms with van der Waals surface area (Å²) in [5.74, 6) is 0.476. The van der Waals surface area contributed by atoms with Crippen LogP contribution in [0.5, 0.6) is 0 Å². The molecule has 2 nitrogen and oxygen atoms in total. The van der Waals surface area contributed by atoms with E-state index in [1.54, 1.807) is 13.8 Å². The van der Waals surface area contributed by atoms with E-state index in [4.69, 9.17) is 10.8 Å². The van der Waals surface area contributed by atoms with Crippen LogP contribution < -0.4 is 5.73 Å². The molecule has 0 aromatic carbocycles. The fraction of sp³-hybridized carbons (Fsp3) is 1.00. The van der Waals surface area contributed by atoms with E-state index in [9.17, 15) is 0 Å². The minimum absolute atomic E-state index is 0.476. The largest absolute Gasteiger partial charge is 0.380 e. The van der Waals surface area contributed by atoms with Crippen molar-refractivity contribution in [1.82, 2.24) is 0 Å². The smallest absolute Gasteiger partial charge is 0.106 e. The number of aliphatic hydroxyl groups is 1. The highest BCUT2D eigenvalue weighted by Gasteiger charge is 2.09. The summed E-state index contributed by atoms with van der Waals surface area (Å²) in [4.78, 5) is -0.658. The van der Waals surface area contributed by atoms with Gasteiger partial charge in [0, 0.05) is 5.88 Å². The van der Waals surface area contributed by atoms with Gasteiger partial charge in [-0.15, -0.1) is 11.8 Å². The molecule has 0 bridgehead atoms. The fourth-order valence-electron chi connectivity index (χ4n) is 0.204. The predicted molar refractivity (Wildman–Crippen MR) is 32.9 cm³/mol. The van der Waals surface area contributed by atoms with E-state index in [0.29, 0.717) is 5.88 Å². The van der Waals surface area contributed by atoms with Crippen molar-refractivity contribution in [2.75, 3.05) is 5.88 Å². The third kappa shape index (κ3) is 6.27. The summed E-state index contributed by atoms with van der Waals surface area (Å²) in [6.45, 7) is 3.43. The number of rotatable bonds is 2. The lowest BCUT2D eigenvalue weighted by Gasteiger charge is -2.13. The maximum absolute atomic E-state index is 8.90. The van der Waals surface area contributed by atoms with E-state index in [0.717, 1.165) is 0 Å². The van der Waals surface area contributed by atoms with Gasteiger partial charge in [0.2, 0.25) is 0 Å². The molecule has 0 spiro atoms. The van der Waals surface area contributed by atoms with Crippen LogP contribution in [0.2, 0.25) is 0 Å². The predicted octanol–water partition coefficient (Wildman–Crippen LogP) is 0.364. The number of hydrogen-bond acceptors (Lipinski definition) is 3. The van der Waals surface area contributed by atoms with Crippen molar-refractivity contribution < 1.29 is 5.11 Å². The molecule has 0 rings (SSSR count). The van der Waals surface area contributed by atoms with Gasteiger partial charge in [0.25, 0.3) is 0 Å². The molecule has 0 saturated heterocycles. The summed E-state index contributed by atoms with van der Waals surface area (Å²) in [6.07, 6.45) is 0. The lowest BCUT2D eigenvalue weighted by atomic mass is 10.5. The highest BCUT2D eigenvalue weighted by molar-refractivity contribution is 8.00. The van der Waals surface area contributed by atoms with Crippen molar-refractivity contribution in [2.24, 2.45) is 5.73 Å². The average Bonchev–Trinajstić information content (AvgIpc) is 1.30. The molecule has 0 saturated carbocycles.